The first-order chi connectivity index (χ1) is 16.4. The third-order valence-corrected chi connectivity index (χ3v) is 8.28. The van der Waals surface area contributed by atoms with Gasteiger partial charge in [-0.2, -0.15) is 0 Å². The Kier molecular flexibility index (Phi) is 4.14. The summed E-state index contributed by atoms with van der Waals surface area (Å²) in [7, 11) is 0. The van der Waals surface area contributed by atoms with E-state index in [-0.39, 0.29) is 5.41 Å². The van der Waals surface area contributed by atoms with Gasteiger partial charge in [0.2, 0.25) is 0 Å². The van der Waals surface area contributed by atoms with Crippen molar-refractivity contribution < 1.29 is 0 Å². The largest absolute Gasteiger partial charge is 0.308 e. The minimum atomic E-state index is 0.0280. The first-order valence-corrected chi connectivity index (χ1v) is 12.9. The monoisotopic (exact) mass is 444 g/mol. The zero-order chi connectivity index (χ0) is 23.2. The van der Waals surface area contributed by atoms with E-state index in [1.165, 1.54) is 86.7 Å². The van der Waals surface area contributed by atoms with Crippen LogP contribution < -0.4 is 0 Å². The van der Waals surface area contributed by atoms with Crippen LogP contribution in [0.3, 0.4) is 0 Å². The molecule has 0 bridgehead atoms. The number of rotatable bonds is 1. The van der Waals surface area contributed by atoms with Gasteiger partial charge in [-0.05, 0) is 71.9 Å². The van der Waals surface area contributed by atoms with Gasteiger partial charge in [-0.25, -0.2) is 0 Å². The molecule has 0 amide bonds. The van der Waals surface area contributed by atoms with Gasteiger partial charge in [0.1, 0.15) is 0 Å². The number of pyridine rings is 2. The fourth-order valence-corrected chi connectivity index (χ4v) is 6.80. The van der Waals surface area contributed by atoms with E-state index in [1.807, 2.05) is 6.20 Å². The first kappa shape index (κ1) is 20.3. The van der Waals surface area contributed by atoms with Crippen LogP contribution in [0, 0.1) is 6.92 Å². The van der Waals surface area contributed by atoms with E-state index in [9.17, 15) is 0 Å². The Morgan fingerprint density at radius 3 is 2.44 bits per heavy atom. The van der Waals surface area contributed by atoms with Crippen molar-refractivity contribution in [2.24, 2.45) is 0 Å². The predicted octanol–water partition coefficient (Wildman–Crippen LogP) is 9.04. The Labute approximate surface area is 200 Å². The molecule has 7 rings (SSSR count). The topological polar surface area (TPSA) is 17.3 Å². The Balaban J connectivity index is 1.82. The SMILES string of the molecule is Cc1cc(C(C)(C)C)c2c(c1)c1nccc3cc(C4CCCCC4)c4c5ccccc5n2c4c31. The van der Waals surface area contributed by atoms with Crippen molar-refractivity contribution in [3.05, 3.63) is 71.4 Å². The number of fused-ring (bicyclic) bond motifs is 6. The van der Waals surface area contributed by atoms with E-state index in [1.54, 1.807) is 5.56 Å². The molecule has 0 saturated heterocycles. The number of hydrogen-bond donors (Lipinski definition) is 0. The molecule has 0 aliphatic heterocycles. The Bertz CT molecular complexity index is 1720. The van der Waals surface area contributed by atoms with Gasteiger partial charge in [-0.3, -0.25) is 4.98 Å². The number of benzene rings is 3. The molecule has 1 fully saturated rings. The maximum absolute atomic E-state index is 5.02. The molecule has 0 radical (unpaired) electrons. The van der Waals surface area contributed by atoms with Crippen LogP contribution in [-0.4, -0.2) is 9.38 Å². The highest BCUT2D eigenvalue weighted by Gasteiger charge is 2.28. The van der Waals surface area contributed by atoms with Crippen LogP contribution in [-0.2, 0) is 5.41 Å². The summed E-state index contributed by atoms with van der Waals surface area (Å²) in [5, 5.41) is 6.80. The molecular weight excluding hydrogens is 412 g/mol. The highest BCUT2D eigenvalue weighted by molar-refractivity contribution is 6.28. The average Bonchev–Trinajstić information content (AvgIpc) is 3.18. The summed E-state index contributed by atoms with van der Waals surface area (Å²) in [6.07, 6.45) is 8.71. The van der Waals surface area contributed by atoms with Gasteiger partial charge in [0.05, 0.1) is 22.1 Å². The lowest BCUT2D eigenvalue weighted by Gasteiger charge is -2.26. The van der Waals surface area contributed by atoms with E-state index < -0.39 is 0 Å². The fraction of sp³-hybridized carbons (Fsp3) is 0.344. The van der Waals surface area contributed by atoms with Gasteiger partial charge in [0, 0.05) is 27.7 Å². The highest BCUT2D eigenvalue weighted by Crippen LogP contribution is 2.47. The molecule has 3 aromatic heterocycles. The molecule has 6 aromatic rings. The van der Waals surface area contributed by atoms with E-state index in [4.69, 9.17) is 4.98 Å². The van der Waals surface area contributed by atoms with Gasteiger partial charge in [-0.1, -0.05) is 69.9 Å². The Hall–Kier alpha value is -3.13. The summed E-state index contributed by atoms with van der Waals surface area (Å²) >= 11 is 0. The molecule has 2 heteroatoms. The van der Waals surface area contributed by atoms with Crippen LogP contribution in [0.2, 0.25) is 0 Å². The van der Waals surface area contributed by atoms with Gasteiger partial charge in [0.25, 0.3) is 0 Å². The lowest BCUT2D eigenvalue weighted by Crippen LogP contribution is -2.14. The van der Waals surface area contributed by atoms with E-state index in [2.05, 4.69) is 80.6 Å². The lowest BCUT2D eigenvalue weighted by atomic mass is 9.81. The van der Waals surface area contributed by atoms with Crippen molar-refractivity contribution in [3.63, 3.8) is 0 Å². The minimum absolute atomic E-state index is 0.0280. The van der Waals surface area contributed by atoms with Crippen LogP contribution in [0.1, 0.15) is 75.5 Å². The summed E-state index contributed by atoms with van der Waals surface area (Å²) in [6.45, 7) is 9.24. The highest BCUT2D eigenvalue weighted by atomic mass is 14.9. The maximum Gasteiger partial charge on any atom is 0.0822 e. The molecule has 34 heavy (non-hydrogen) atoms. The molecule has 0 atom stereocenters. The number of nitrogens with zero attached hydrogens (tertiary/aromatic N) is 2. The molecule has 170 valence electrons. The average molecular weight is 445 g/mol. The molecule has 1 aliphatic carbocycles. The molecule has 2 nitrogen and oxygen atoms in total. The molecule has 3 aromatic carbocycles. The normalized spacial score (nSPS) is 16.1. The smallest absolute Gasteiger partial charge is 0.0822 e. The number of aryl methyl sites for hydroxylation is 1. The van der Waals surface area contributed by atoms with Gasteiger partial charge in [0.15, 0.2) is 0 Å². The van der Waals surface area contributed by atoms with Crippen molar-refractivity contribution in [1.29, 1.82) is 0 Å². The van der Waals surface area contributed by atoms with Crippen molar-refractivity contribution in [1.82, 2.24) is 9.38 Å². The second-order valence-electron chi connectivity index (χ2n) is 11.6. The third-order valence-electron chi connectivity index (χ3n) is 8.28. The first-order valence-electron chi connectivity index (χ1n) is 12.9. The zero-order valence-corrected chi connectivity index (χ0v) is 20.7. The van der Waals surface area contributed by atoms with Gasteiger partial charge < -0.3 is 4.40 Å². The van der Waals surface area contributed by atoms with Crippen molar-refractivity contribution >= 4 is 49.0 Å². The second kappa shape index (κ2) is 6.95. The Morgan fingerprint density at radius 2 is 1.65 bits per heavy atom. The van der Waals surface area contributed by atoms with E-state index in [0.29, 0.717) is 5.92 Å². The Morgan fingerprint density at radius 1 is 0.853 bits per heavy atom. The fourth-order valence-electron chi connectivity index (χ4n) is 6.80. The van der Waals surface area contributed by atoms with Crippen LogP contribution in [0.5, 0.6) is 0 Å². The van der Waals surface area contributed by atoms with Crippen LogP contribution in [0.25, 0.3) is 49.0 Å². The molecule has 0 unspecified atom stereocenters. The summed E-state index contributed by atoms with van der Waals surface area (Å²) in [4.78, 5) is 5.02. The zero-order valence-electron chi connectivity index (χ0n) is 20.7. The molecule has 1 aliphatic rings. The second-order valence-corrected chi connectivity index (χ2v) is 11.6. The number of para-hydroxylation sites is 1. The quantitative estimate of drug-likeness (QED) is 0.183. The summed E-state index contributed by atoms with van der Waals surface area (Å²) in [5.74, 6) is 0.649. The summed E-state index contributed by atoms with van der Waals surface area (Å²) in [5.41, 5.74) is 9.48. The molecule has 0 N–H and O–H groups in total. The molecular formula is C32H32N2. The van der Waals surface area contributed by atoms with Crippen molar-refractivity contribution in [2.75, 3.05) is 0 Å². The standard InChI is InChI=1S/C32H32N2/c1-19-16-24-29-27-21(14-15-33-29)18-23(20-10-6-5-7-11-20)28-22-12-8-9-13-26(22)34(31(27)28)30(24)25(17-19)32(2,3)4/h8-9,12-18,20H,5-7,10-11H2,1-4H3. The van der Waals surface area contributed by atoms with E-state index in [0.717, 1.165) is 5.52 Å². The number of hydrogen-bond acceptors (Lipinski definition) is 1. The van der Waals surface area contributed by atoms with Crippen LogP contribution >= 0.6 is 0 Å². The summed E-state index contributed by atoms with van der Waals surface area (Å²) < 4.78 is 2.60. The molecule has 3 heterocycles. The van der Waals surface area contributed by atoms with Crippen molar-refractivity contribution in [3.8, 4) is 0 Å². The van der Waals surface area contributed by atoms with Gasteiger partial charge >= 0.3 is 0 Å². The third kappa shape index (κ3) is 2.66. The number of aromatic nitrogens is 2. The molecule has 0 spiro atoms. The van der Waals surface area contributed by atoms with Crippen molar-refractivity contribution in [2.45, 2.75) is 71.1 Å². The maximum atomic E-state index is 5.02. The van der Waals surface area contributed by atoms with Gasteiger partial charge in [-0.15, -0.1) is 0 Å². The predicted molar refractivity (Wildman–Crippen MR) is 146 cm³/mol. The minimum Gasteiger partial charge on any atom is -0.308 e. The van der Waals surface area contributed by atoms with E-state index >= 15 is 0 Å². The summed E-state index contributed by atoms with van der Waals surface area (Å²) in [6, 6.07) is 18.6. The van der Waals surface area contributed by atoms with Crippen LogP contribution in [0.4, 0.5) is 0 Å². The molecule has 1 saturated carbocycles. The lowest BCUT2D eigenvalue weighted by molar-refractivity contribution is 0.446. The van der Waals surface area contributed by atoms with Crippen LogP contribution in [0.15, 0.2) is 54.7 Å².